The molecule has 0 saturated heterocycles. The zero-order chi connectivity index (χ0) is 7.40. The van der Waals surface area contributed by atoms with Crippen LogP contribution in [0.5, 0.6) is 0 Å². The summed E-state index contributed by atoms with van der Waals surface area (Å²) in [5, 5.41) is 0. The summed E-state index contributed by atoms with van der Waals surface area (Å²) in [6, 6.07) is 0. The van der Waals surface area contributed by atoms with Gasteiger partial charge in [0.25, 0.3) is 0 Å². The van der Waals surface area contributed by atoms with Gasteiger partial charge in [0.15, 0.2) is 0 Å². The lowest BCUT2D eigenvalue weighted by molar-refractivity contribution is 1.17. The van der Waals surface area contributed by atoms with Gasteiger partial charge in [0.1, 0.15) is 0 Å². The molecule has 0 unspecified atom stereocenters. The summed E-state index contributed by atoms with van der Waals surface area (Å²) in [5.74, 6) is 0. The molecule has 0 saturated carbocycles. The van der Waals surface area contributed by atoms with Crippen molar-refractivity contribution in [2.75, 3.05) is 0 Å². The highest BCUT2D eigenvalue weighted by molar-refractivity contribution is 5.45. The Hall–Kier alpha value is -1.18. The molecule has 0 aliphatic heterocycles. The monoisotopic (exact) mass is 134 g/mol. The van der Waals surface area contributed by atoms with E-state index < -0.39 is 0 Å². The van der Waals surface area contributed by atoms with E-state index >= 15 is 0 Å². The van der Waals surface area contributed by atoms with Crippen molar-refractivity contribution in [2.24, 2.45) is 0 Å². The second-order valence-corrected chi connectivity index (χ2v) is 2.35. The highest BCUT2D eigenvalue weighted by atomic mass is 14.8. The minimum atomic E-state index is 0.919. The van der Waals surface area contributed by atoms with Gasteiger partial charge in [-0.2, -0.15) is 0 Å². The molecule has 1 rings (SSSR count). The molecule has 1 heterocycles. The third kappa shape index (κ3) is 1.97. The highest BCUT2D eigenvalue weighted by Crippen LogP contribution is 1.98. The Labute approximate surface area is 60.6 Å². The van der Waals surface area contributed by atoms with Crippen molar-refractivity contribution < 1.29 is 0 Å². The Bertz CT molecular complexity index is 222. The van der Waals surface area contributed by atoms with E-state index in [0.717, 1.165) is 5.69 Å². The van der Waals surface area contributed by atoms with Gasteiger partial charge in [-0.05, 0) is 19.9 Å². The average molecular weight is 134 g/mol. The number of hydrogen-bond acceptors (Lipinski definition) is 2. The third-order valence-electron chi connectivity index (χ3n) is 1.02. The van der Waals surface area contributed by atoms with Crippen molar-refractivity contribution in [1.82, 2.24) is 9.97 Å². The van der Waals surface area contributed by atoms with Crippen LogP contribution in [-0.4, -0.2) is 9.97 Å². The standard InChI is InChI=1S/C8H10N2/c1-7(2)5-8-6-9-3-4-10-8/h3-6H,1-2H3. The van der Waals surface area contributed by atoms with Crippen LogP contribution in [0.15, 0.2) is 24.2 Å². The van der Waals surface area contributed by atoms with Crippen LogP contribution in [0.25, 0.3) is 6.08 Å². The first-order chi connectivity index (χ1) is 4.79. The van der Waals surface area contributed by atoms with Gasteiger partial charge in [0.2, 0.25) is 0 Å². The van der Waals surface area contributed by atoms with E-state index in [4.69, 9.17) is 0 Å². The smallest absolute Gasteiger partial charge is 0.0812 e. The van der Waals surface area contributed by atoms with Gasteiger partial charge >= 0.3 is 0 Å². The van der Waals surface area contributed by atoms with Crippen LogP contribution in [0.3, 0.4) is 0 Å². The molecule has 2 heteroatoms. The first-order valence-corrected chi connectivity index (χ1v) is 3.20. The summed E-state index contributed by atoms with van der Waals surface area (Å²) in [6.07, 6.45) is 7.09. The van der Waals surface area contributed by atoms with Crippen molar-refractivity contribution in [1.29, 1.82) is 0 Å². The first-order valence-electron chi connectivity index (χ1n) is 3.20. The predicted octanol–water partition coefficient (Wildman–Crippen LogP) is 1.90. The van der Waals surface area contributed by atoms with E-state index in [1.807, 2.05) is 19.9 Å². The first kappa shape index (κ1) is 6.93. The minimum absolute atomic E-state index is 0.919. The molecular formula is C8H10N2. The third-order valence-corrected chi connectivity index (χ3v) is 1.02. The van der Waals surface area contributed by atoms with Crippen molar-refractivity contribution in [3.05, 3.63) is 29.9 Å². The quantitative estimate of drug-likeness (QED) is 0.586. The molecule has 52 valence electrons. The van der Waals surface area contributed by atoms with Gasteiger partial charge in [-0.3, -0.25) is 9.97 Å². The molecule has 0 aromatic carbocycles. The van der Waals surface area contributed by atoms with Crippen LogP contribution in [0.2, 0.25) is 0 Å². The van der Waals surface area contributed by atoms with Gasteiger partial charge in [0.05, 0.1) is 11.9 Å². The fourth-order valence-electron chi connectivity index (χ4n) is 0.681. The zero-order valence-corrected chi connectivity index (χ0v) is 6.20. The number of rotatable bonds is 1. The molecule has 0 aliphatic rings. The van der Waals surface area contributed by atoms with Crippen molar-refractivity contribution in [3.63, 3.8) is 0 Å². The van der Waals surface area contributed by atoms with Crippen LogP contribution in [-0.2, 0) is 0 Å². The molecule has 0 bridgehead atoms. The largest absolute Gasteiger partial charge is 0.261 e. The summed E-state index contributed by atoms with van der Waals surface area (Å²) >= 11 is 0. The maximum Gasteiger partial charge on any atom is 0.0812 e. The highest BCUT2D eigenvalue weighted by Gasteiger charge is 1.84. The van der Waals surface area contributed by atoms with E-state index in [0.29, 0.717) is 0 Å². The van der Waals surface area contributed by atoms with Gasteiger partial charge in [-0.25, -0.2) is 0 Å². The fourth-order valence-corrected chi connectivity index (χ4v) is 0.681. The van der Waals surface area contributed by atoms with Crippen molar-refractivity contribution in [2.45, 2.75) is 13.8 Å². The van der Waals surface area contributed by atoms with Crippen LogP contribution < -0.4 is 0 Å². The Morgan fingerprint density at radius 3 is 2.70 bits per heavy atom. The fraction of sp³-hybridized carbons (Fsp3) is 0.250. The number of nitrogens with zero attached hydrogens (tertiary/aromatic N) is 2. The van der Waals surface area contributed by atoms with Crippen molar-refractivity contribution >= 4 is 6.08 Å². The Balaban J connectivity index is 2.87. The Kier molecular flexibility index (Phi) is 2.15. The lowest BCUT2D eigenvalue weighted by atomic mass is 10.3. The lowest BCUT2D eigenvalue weighted by Crippen LogP contribution is -1.80. The topological polar surface area (TPSA) is 25.8 Å². The lowest BCUT2D eigenvalue weighted by Gasteiger charge is -1.89. The van der Waals surface area contributed by atoms with E-state index in [-0.39, 0.29) is 0 Å². The number of allylic oxidation sites excluding steroid dienone is 1. The molecular weight excluding hydrogens is 124 g/mol. The zero-order valence-electron chi connectivity index (χ0n) is 6.20. The Morgan fingerprint density at radius 2 is 2.20 bits per heavy atom. The van der Waals surface area contributed by atoms with E-state index in [1.165, 1.54) is 5.57 Å². The van der Waals surface area contributed by atoms with Crippen LogP contribution >= 0.6 is 0 Å². The predicted molar refractivity (Wildman–Crippen MR) is 41.4 cm³/mol. The summed E-state index contributed by atoms with van der Waals surface area (Å²) in [7, 11) is 0. The molecule has 2 nitrogen and oxygen atoms in total. The number of hydrogen-bond donors (Lipinski definition) is 0. The normalized spacial score (nSPS) is 9.00. The van der Waals surface area contributed by atoms with Crippen molar-refractivity contribution in [3.8, 4) is 0 Å². The summed E-state index contributed by atoms with van der Waals surface area (Å²) in [6.45, 7) is 4.07. The molecule has 0 aliphatic carbocycles. The van der Waals surface area contributed by atoms with Gasteiger partial charge in [-0.15, -0.1) is 0 Å². The average Bonchev–Trinajstić information content (AvgIpc) is 1.88. The maximum atomic E-state index is 4.08. The van der Waals surface area contributed by atoms with Crippen LogP contribution in [0.1, 0.15) is 19.5 Å². The summed E-state index contributed by atoms with van der Waals surface area (Å²) < 4.78 is 0. The minimum Gasteiger partial charge on any atom is -0.261 e. The second kappa shape index (κ2) is 3.11. The van der Waals surface area contributed by atoms with Crippen LogP contribution in [0.4, 0.5) is 0 Å². The Morgan fingerprint density at radius 1 is 1.40 bits per heavy atom. The van der Waals surface area contributed by atoms with E-state index in [9.17, 15) is 0 Å². The molecule has 0 amide bonds. The van der Waals surface area contributed by atoms with Gasteiger partial charge in [-0.1, -0.05) is 5.57 Å². The summed E-state index contributed by atoms with van der Waals surface area (Å²) in [5.41, 5.74) is 2.16. The summed E-state index contributed by atoms with van der Waals surface area (Å²) in [4.78, 5) is 8.01. The van der Waals surface area contributed by atoms with E-state index in [1.54, 1.807) is 18.6 Å². The van der Waals surface area contributed by atoms with Crippen LogP contribution in [0, 0.1) is 0 Å². The van der Waals surface area contributed by atoms with Gasteiger partial charge < -0.3 is 0 Å². The second-order valence-electron chi connectivity index (χ2n) is 2.35. The molecule has 0 spiro atoms. The van der Waals surface area contributed by atoms with Gasteiger partial charge in [0, 0.05) is 12.4 Å². The maximum absolute atomic E-state index is 4.08. The number of aromatic nitrogens is 2. The van der Waals surface area contributed by atoms with E-state index in [2.05, 4.69) is 9.97 Å². The molecule has 0 radical (unpaired) electrons. The molecule has 0 atom stereocenters. The molecule has 10 heavy (non-hydrogen) atoms. The SMILES string of the molecule is CC(C)=Cc1cnccn1. The molecule has 1 aromatic heterocycles. The molecule has 1 aromatic rings. The molecule has 0 fully saturated rings. The molecule has 0 N–H and O–H groups in total.